The first kappa shape index (κ1) is 6.06. The Balaban J connectivity index is 2.44. The van der Waals surface area contributed by atoms with Gasteiger partial charge in [0.2, 0.25) is 5.88 Å². The quantitative estimate of drug-likeness (QED) is 0.593. The van der Waals surface area contributed by atoms with Gasteiger partial charge in [0, 0.05) is 0 Å². The van der Waals surface area contributed by atoms with E-state index in [0.717, 1.165) is 23.9 Å². The second-order valence-electron chi connectivity index (χ2n) is 2.00. The van der Waals surface area contributed by atoms with Crippen LogP contribution >= 0.6 is 11.9 Å². The summed E-state index contributed by atoms with van der Waals surface area (Å²) in [6, 6.07) is 0. The summed E-state index contributed by atoms with van der Waals surface area (Å²) in [7, 11) is 0. The van der Waals surface area contributed by atoms with E-state index >= 15 is 0 Å². The molecule has 54 valence electrons. The van der Waals surface area contributed by atoms with Crippen LogP contribution in [-0.4, -0.2) is 16.4 Å². The lowest BCUT2D eigenvalue weighted by Gasteiger charge is -1.93. The lowest BCUT2D eigenvalue weighted by atomic mass is 10.7. The van der Waals surface area contributed by atoms with E-state index in [4.69, 9.17) is 9.88 Å². The molecule has 0 bridgehead atoms. The number of hydrogen-bond acceptors (Lipinski definition) is 4. The smallest absolute Gasteiger partial charge is 0.227 e. The zero-order valence-corrected chi connectivity index (χ0v) is 6.10. The molecule has 0 atom stereocenters. The lowest BCUT2D eigenvalue weighted by molar-refractivity contribution is 0.349. The highest BCUT2D eigenvalue weighted by Crippen LogP contribution is 2.28. The highest BCUT2D eigenvalue weighted by atomic mass is 32.2. The van der Waals surface area contributed by atoms with Gasteiger partial charge in [-0.2, -0.15) is 5.10 Å². The second-order valence-corrected chi connectivity index (χ2v) is 2.68. The standard InChI is InChI=1S/C5H7N3OS/c6-10-4-3-7-8-1-2-9-5(4)8/h3H,1-2,6H2. The maximum absolute atomic E-state index is 5.35. The van der Waals surface area contributed by atoms with E-state index in [-0.39, 0.29) is 0 Å². The fraction of sp³-hybridized carbons (Fsp3) is 0.400. The number of aromatic nitrogens is 2. The molecule has 0 unspecified atom stereocenters. The summed E-state index contributed by atoms with van der Waals surface area (Å²) >= 11 is 1.17. The number of rotatable bonds is 1. The summed E-state index contributed by atoms with van der Waals surface area (Å²) in [5.74, 6) is 0.813. The van der Waals surface area contributed by atoms with E-state index in [2.05, 4.69) is 5.10 Å². The number of nitrogens with zero attached hydrogens (tertiary/aromatic N) is 2. The number of ether oxygens (including phenoxy) is 1. The SMILES string of the molecule is NSc1cnn2c1OCC2. The Labute approximate surface area is 62.5 Å². The van der Waals surface area contributed by atoms with Gasteiger partial charge >= 0.3 is 0 Å². The van der Waals surface area contributed by atoms with E-state index in [0.29, 0.717) is 0 Å². The molecule has 2 rings (SSSR count). The average Bonchev–Trinajstić information content (AvgIpc) is 2.44. The van der Waals surface area contributed by atoms with Gasteiger partial charge in [0.15, 0.2) is 0 Å². The van der Waals surface area contributed by atoms with Crippen LogP contribution in [0.15, 0.2) is 11.1 Å². The van der Waals surface area contributed by atoms with Crippen molar-refractivity contribution in [1.29, 1.82) is 0 Å². The van der Waals surface area contributed by atoms with Gasteiger partial charge in [-0.25, -0.2) is 4.68 Å². The largest absolute Gasteiger partial charge is 0.475 e. The van der Waals surface area contributed by atoms with E-state index in [1.54, 1.807) is 6.20 Å². The summed E-state index contributed by atoms with van der Waals surface area (Å²) in [4.78, 5) is 0.914. The molecular formula is C5H7N3OS. The van der Waals surface area contributed by atoms with E-state index < -0.39 is 0 Å². The molecule has 1 aromatic rings. The summed E-state index contributed by atoms with van der Waals surface area (Å²) in [6.45, 7) is 1.56. The van der Waals surface area contributed by atoms with Gasteiger partial charge in [-0.15, -0.1) is 0 Å². The summed E-state index contributed by atoms with van der Waals surface area (Å²) in [5.41, 5.74) is 0. The molecule has 0 amide bonds. The van der Waals surface area contributed by atoms with Crippen LogP contribution in [0.2, 0.25) is 0 Å². The molecule has 0 radical (unpaired) electrons. The predicted octanol–water partition coefficient (Wildman–Crippen LogP) is 0.241. The molecule has 0 aliphatic carbocycles. The first-order valence-corrected chi connectivity index (χ1v) is 3.85. The van der Waals surface area contributed by atoms with Gasteiger partial charge in [0.1, 0.15) is 11.5 Å². The molecule has 0 saturated heterocycles. The highest BCUT2D eigenvalue weighted by Gasteiger charge is 2.16. The summed E-state index contributed by atoms with van der Waals surface area (Å²) in [6.07, 6.45) is 1.72. The topological polar surface area (TPSA) is 53.1 Å². The first-order valence-electron chi connectivity index (χ1n) is 2.97. The lowest BCUT2D eigenvalue weighted by Crippen LogP contribution is -1.93. The monoisotopic (exact) mass is 157 g/mol. The van der Waals surface area contributed by atoms with Crippen molar-refractivity contribution in [3.63, 3.8) is 0 Å². The zero-order chi connectivity index (χ0) is 6.97. The van der Waals surface area contributed by atoms with Crippen LogP contribution in [0.5, 0.6) is 5.88 Å². The molecule has 0 saturated carbocycles. The fourth-order valence-electron chi connectivity index (χ4n) is 0.972. The normalized spacial score (nSPS) is 14.9. The third-order valence-electron chi connectivity index (χ3n) is 1.43. The molecule has 5 heteroatoms. The van der Waals surface area contributed by atoms with Gasteiger partial charge in [0.25, 0.3) is 0 Å². The minimum Gasteiger partial charge on any atom is -0.475 e. The van der Waals surface area contributed by atoms with Gasteiger partial charge in [-0.3, -0.25) is 5.14 Å². The van der Waals surface area contributed by atoms with Gasteiger partial charge in [0.05, 0.1) is 12.7 Å². The van der Waals surface area contributed by atoms with Crippen LogP contribution in [-0.2, 0) is 6.54 Å². The van der Waals surface area contributed by atoms with E-state index in [9.17, 15) is 0 Å². The zero-order valence-electron chi connectivity index (χ0n) is 5.28. The van der Waals surface area contributed by atoms with Crippen LogP contribution in [0.3, 0.4) is 0 Å². The van der Waals surface area contributed by atoms with Crippen molar-refractivity contribution in [2.75, 3.05) is 6.61 Å². The Morgan fingerprint density at radius 3 is 3.50 bits per heavy atom. The number of fused-ring (bicyclic) bond motifs is 1. The number of nitrogens with two attached hydrogens (primary N) is 1. The molecule has 4 nitrogen and oxygen atoms in total. The van der Waals surface area contributed by atoms with Gasteiger partial charge < -0.3 is 4.74 Å². The second kappa shape index (κ2) is 2.17. The molecular weight excluding hydrogens is 150 g/mol. The van der Waals surface area contributed by atoms with Crippen molar-refractivity contribution < 1.29 is 4.74 Å². The first-order chi connectivity index (χ1) is 4.92. The van der Waals surface area contributed by atoms with Gasteiger partial charge in [-0.1, -0.05) is 0 Å². The fourth-order valence-corrected chi connectivity index (χ4v) is 1.34. The van der Waals surface area contributed by atoms with Crippen molar-refractivity contribution in [3.8, 4) is 5.88 Å². The molecule has 0 aromatic carbocycles. The molecule has 1 aromatic heterocycles. The van der Waals surface area contributed by atoms with Crippen molar-refractivity contribution >= 4 is 11.9 Å². The number of hydrogen-bond donors (Lipinski definition) is 1. The van der Waals surface area contributed by atoms with Crippen LogP contribution in [0.25, 0.3) is 0 Å². The van der Waals surface area contributed by atoms with Crippen molar-refractivity contribution in [1.82, 2.24) is 9.78 Å². The third kappa shape index (κ3) is 0.708. The van der Waals surface area contributed by atoms with Crippen molar-refractivity contribution in [3.05, 3.63) is 6.20 Å². The minimum atomic E-state index is 0.719. The van der Waals surface area contributed by atoms with Crippen LogP contribution in [0, 0.1) is 0 Å². The van der Waals surface area contributed by atoms with Crippen LogP contribution in [0.4, 0.5) is 0 Å². The third-order valence-corrected chi connectivity index (χ3v) is 1.96. The van der Waals surface area contributed by atoms with Crippen LogP contribution in [0.1, 0.15) is 0 Å². The molecule has 0 fully saturated rings. The Morgan fingerprint density at radius 1 is 1.80 bits per heavy atom. The van der Waals surface area contributed by atoms with Crippen molar-refractivity contribution in [2.45, 2.75) is 11.4 Å². The Bertz CT molecular complexity index is 247. The van der Waals surface area contributed by atoms with Crippen LogP contribution < -0.4 is 9.88 Å². The molecule has 1 aliphatic heterocycles. The minimum absolute atomic E-state index is 0.719. The summed E-state index contributed by atoms with van der Waals surface area (Å²) in [5, 5.41) is 9.41. The summed E-state index contributed by atoms with van der Waals surface area (Å²) < 4.78 is 7.07. The predicted molar refractivity (Wildman–Crippen MR) is 37.8 cm³/mol. The molecule has 1 aliphatic rings. The Kier molecular flexibility index (Phi) is 1.32. The molecule has 10 heavy (non-hydrogen) atoms. The van der Waals surface area contributed by atoms with E-state index in [1.807, 2.05) is 4.68 Å². The highest BCUT2D eigenvalue weighted by molar-refractivity contribution is 7.97. The van der Waals surface area contributed by atoms with Gasteiger partial charge in [-0.05, 0) is 11.9 Å². The molecule has 0 spiro atoms. The maximum Gasteiger partial charge on any atom is 0.227 e. The Hall–Kier alpha value is -0.680. The average molecular weight is 157 g/mol. The maximum atomic E-state index is 5.35. The van der Waals surface area contributed by atoms with E-state index in [1.165, 1.54) is 11.9 Å². The molecule has 2 N–H and O–H groups in total. The Morgan fingerprint density at radius 2 is 2.70 bits per heavy atom. The molecule has 2 heterocycles. The van der Waals surface area contributed by atoms with Crippen molar-refractivity contribution in [2.24, 2.45) is 5.14 Å².